The number of phenols is 1. The summed E-state index contributed by atoms with van der Waals surface area (Å²) < 4.78 is 11.2. The Labute approximate surface area is 185 Å². The van der Waals surface area contributed by atoms with Crippen LogP contribution >= 0.6 is 22.6 Å². The minimum absolute atomic E-state index is 0.137. The van der Waals surface area contributed by atoms with Crippen molar-refractivity contribution in [3.8, 4) is 11.5 Å². The highest BCUT2D eigenvalue weighted by atomic mass is 127. The second-order valence-corrected chi connectivity index (χ2v) is 8.15. The SMILES string of the molecule is C=C[C@H]([C@H](O)CC/C(=C/c1cc(I)c(O)c(OC)c1)CCC)[C@H](O)c1ccco1. The van der Waals surface area contributed by atoms with E-state index in [1.807, 2.05) is 6.07 Å². The molecular formula is C23H29IO5. The third-order valence-electron chi connectivity index (χ3n) is 4.89. The molecule has 3 N–H and O–H groups in total. The first-order valence-corrected chi connectivity index (χ1v) is 10.8. The van der Waals surface area contributed by atoms with Crippen LogP contribution in [0.4, 0.5) is 0 Å². The monoisotopic (exact) mass is 512 g/mol. The van der Waals surface area contributed by atoms with Crippen molar-refractivity contribution in [2.75, 3.05) is 7.11 Å². The zero-order valence-corrected chi connectivity index (χ0v) is 19.0. The number of hydrogen-bond donors (Lipinski definition) is 3. The molecule has 0 saturated heterocycles. The fourth-order valence-electron chi connectivity index (χ4n) is 3.33. The largest absolute Gasteiger partial charge is 0.504 e. The molecule has 158 valence electrons. The van der Waals surface area contributed by atoms with Gasteiger partial charge in [-0.1, -0.05) is 31.1 Å². The first-order chi connectivity index (χ1) is 13.9. The number of phenolic OH excluding ortho intramolecular Hbond substituents is 1. The predicted molar refractivity (Wildman–Crippen MR) is 123 cm³/mol. The summed E-state index contributed by atoms with van der Waals surface area (Å²) in [5.74, 6) is 0.480. The van der Waals surface area contributed by atoms with Crippen molar-refractivity contribution < 1.29 is 24.5 Å². The van der Waals surface area contributed by atoms with Crippen molar-refractivity contribution in [3.05, 3.63) is 63.7 Å². The number of benzene rings is 1. The van der Waals surface area contributed by atoms with Gasteiger partial charge in [0.15, 0.2) is 11.5 Å². The van der Waals surface area contributed by atoms with Gasteiger partial charge in [0.2, 0.25) is 0 Å². The Hall–Kier alpha value is -1.77. The van der Waals surface area contributed by atoms with Gasteiger partial charge in [-0.2, -0.15) is 0 Å². The van der Waals surface area contributed by atoms with Crippen LogP contribution in [0.5, 0.6) is 11.5 Å². The molecule has 5 nitrogen and oxygen atoms in total. The molecule has 2 aromatic rings. The molecule has 0 aliphatic rings. The van der Waals surface area contributed by atoms with Crippen molar-refractivity contribution in [1.29, 1.82) is 0 Å². The van der Waals surface area contributed by atoms with Crippen molar-refractivity contribution in [2.45, 2.75) is 44.8 Å². The highest BCUT2D eigenvalue weighted by molar-refractivity contribution is 14.1. The quantitative estimate of drug-likeness (QED) is 0.275. The Morgan fingerprint density at radius 1 is 1.31 bits per heavy atom. The van der Waals surface area contributed by atoms with E-state index in [0.29, 0.717) is 24.4 Å². The number of aromatic hydroxyl groups is 1. The average Bonchev–Trinajstić information content (AvgIpc) is 3.24. The van der Waals surface area contributed by atoms with Crippen molar-refractivity contribution in [3.63, 3.8) is 0 Å². The zero-order valence-electron chi connectivity index (χ0n) is 16.8. The average molecular weight is 512 g/mol. The Balaban J connectivity index is 2.13. The molecule has 1 aromatic carbocycles. The zero-order chi connectivity index (χ0) is 21.4. The number of methoxy groups -OCH3 is 1. The van der Waals surface area contributed by atoms with Gasteiger partial charge in [0.1, 0.15) is 11.9 Å². The molecule has 29 heavy (non-hydrogen) atoms. The Bertz CT molecular complexity index is 813. The van der Waals surface area contributed by atoms with E-state index in [-0.39, 0.29) is 5.75 Å². The summed E-state index contributed by atoms with van der Waals surface area (Å²) in [4.78, 5) is 0. The van der Waals surface area contributed by atoms with Gasteiger partial charge in [-0.15, -0.1) is 6.58 Å². The van der Waals surface area contributed by atoms with Crippen LogP contribution in [-0.4, -0.2) is 28.5 Å². The molecule has 0 unspecified atom stereocenters. The van der Waals surface area contributed by atoms with Gasteiger partial charge >= 0.3 is 0 Å². The van der Waals surface area contributed by atoms with Gasteiger partial charge < -0.3 is 24.5 Å². The van der Waals surface area contributed by atoms with Crippen LogP contribution in [0.1, 0.15) is 50.0 Å². The first-order valence-electron chi connectivity index (χ1n) is 9.69. The van der Waals surface area contributed by atoms with Gasteiger partial charge in [0, 0.05) is 5.92 Å². The summed E-state index contributed by atoms with van der Waals surface area (Å²) in [7, 11) is 1.53. The lowest BCUT2D eigenvalue weighted by molar-refractivity contribution is 0.0207. The molecule has 0 fully saturated rings. The second kappa shape index (κ2) is 11.4. The Morgan fingerprint density at radius 3 is 2.66 bits per heavy atom. The number of ether oxygens (including phenoxy) is 1. The normalized spacial score (nSPS) is 15.0. The van der Waals surface area contributed by atoms with E-state index in [0.717, 1.165) is 22.0 Å². The lowest BCUT2D eigenvalue weighted by atomic mass is 9.89. The van der Waals surface area contributed by atoms with Gasteiger partial charge in [0.05, 0.1) is 23.0 Å². The van der Waals surface area contributed by atoms with Crippen LogP contribution in [0, 0.1) is 9.49 Å². The minimum Gasteiger partial charge on any atom is -0.504 e. The van der Waals surface area contributed by atoms with E-state index in [9.17, 15) is 15.3 Å². The summed E-state index contributed by atoms with van der Waals surface area (Å²) in [5.41, 5.74) is 2.13. The molecule has 0 bridgehead atoms. The maximum absolute atomic E-state index is 10.7. The molecule has 0 saturated carbocycles. The highest BCUT2D eigenvalue weighted by Gasteiger charge is 2.27. The van der Waals surface area contributed by atoms with E-state index in [1.54, 1.807) is 24.3 Å². The van der Waals surface area contributed by atoms with Crippen molar-refractivity contribution in [2.24, 2.45) is 5.92 Å². The summed E-state index contributed by atoms with van der Waals surface area (Å²) in [5, 5.41) is 31.2. The van der Waals surface area contributed by atoms with Gasteiger partial charge in [-0.05, 0) is 71.7 Å². The van der Waals surface area contributed by atoms with E-state index in [1.165, 1.54) is 18.9 Å². The topological polar surface area (TPSA) is 83.1 Å². The number of furan rings is 1. The highest BCUT2D eigenvalue weighted by Crippen LogP contribution is 2.34. The van der Waals surface area contributed by atoms with Crippen LogP contribution < -0.4 is 4.74 Å². The third-order valence-corrected chi connectivity index (χ3v) is 5.71. The molecule has 3 atom stereocenters. The predicted octanol–water partition coefficient (Wildman–Crippen LogP) is 5.46. The fraction of sp³-hybridized carbons (Fsp3) is 0.391. The number of hydrogen-bond acceptors (Lipinski definition) is 5. The van der Waals surface area contributed by atoms with Crippen LogP contribution in [0.15, 0.2) is 53.2 Å². The molecule has 0 radical (unpaired) electrons. The van der Waals surface area contributed by atoms with Crippen LogP contribution in [0.25, 0.3) is 6.08 Å². The summed E-state index contributed by atoms with van der Waals surface area (Å²) >= 11 is 2.08. The smallest absolute Gasteiger partial charge is 0.171 e. The number of halogens is 1. The summed E-state index contributed by atoms with van der Waals surface area (Å²) in [6, 6.07) is 7.10. The van der Waals surface area contributed by atoms with Gasteiger partial charge in [0.25, 0.3) is 0 Å². The molecule has 0 aliphatic carbocycles. The molecule has 1 heterocycles. The van der Waals surface area contributed by atoms with Gasteiger partial charge in [-0.3, -0.25) is 0 Å². The fourth-order valence-corrected chi connectivity index (χ4v) is 3.96. The second-order valence-electron chi connectivity index (χ2n) is 6.99. The van der Waals surface area contributed by atoms with E-state index >= 15 is 0 Å². The Kier molecular flexibility index (Phi) is 9.26. The Morgan fingerprint density at radius 2 is 2.07 bits per heavy atom. The summed E-state index contributed by atoms with van der Waals surface area (Å²) in [6.07, 6.45) is 6.53. The number of rotatable bonds is 11. The van der Waals surface area contributed by atoms with E-state index in [2.05, 4.69) is 42.2 Å². The number of aliphatic hydroxyl groups excluding tert-OH is 2. The molecule has 1 aromatic heterocycles. The van der Waals surface area contributed by atoms with Crippen molar-refractivity contribution in [1.82, 2.24) is 0 Å². The molecular weight excluding hydrogens is 483 g/mol. The van der Waals surface area contributed by atoms with Crippen LogP contribution in [0.3, 0.4) is 0 Å². The molecule has 0 aliphatic heterocycles. The molecule has 0 spiro atoms. The van der Waals surface area contributed by atoms with Gasteiger partial charge in [-0.25, -0.2) is 0 Å². The maximum atomic E-state index is 10.7. The molecule has 0 amide bonds. The maximum Gasteiger partial charge on any atom is 0.171 e. The van der Waals surface area contributed by atoms with Crippen LogP contribution in [-0.2, 0) is 0 Å². The van der Waals surface area contributed by atoms with E-state index < -0.39 is 18.1 Å². The lowest BCUT2D eigenvalue weighted by Crippen LogP contribution is -2.25. The lowest BCUT2D eigenvalue weighted by Gasteiger charge is -2.24. The van der Waals surface area contributed by atoms with Crippen molar-refractivity contribution >= 4 is 28.7 Å². The van der Waals surface area contributed by atoms with E-state index in [4.69, 9.17) is 9.15 Å². The number of allylic oxidation sites excluding steroid dienone is 1. The summed E-state index contributed by atoms with van der Waals surface area (Å²) in [6.45, 7) is 5.88. The third kappa shape index (κ3) is 6.35. The molecule has 6 heteroatoms. The first kappa shape index (κ1) is 23.5. The number of aliphatic hydroxyl groups is 2. The standard InChI is InChI=1S/C23H29IO5/c1-4-7-15(12-16-13-18(24)23(27)21(14-16)28-3)9-10-19(25)17(5-2)22(26)20-8-6-11-29-20/h5-6,8,11-14,17,19,22,25-27H,2,4,7,9-10H2,1,3H3/b15-12+/t17-,19-,22+/m1/s1. The minimum atomic E-state index is -0.931. The molecule has 2 rings (SSSR count). The van der Waals surface area contributed by atoms with Crippen LogP contribution in [0.2, 0.25) is 0 Å².